The number of carbonyl (C=O) groups is 3. The number of rotatable bonds is 4. The fourth-order valence-corrected chi connectivity index (χ4v) is 6.76. The summed E-state index contributed by atoms with van der Waals surface area (Å²) < 4.78 is 17.5. The zero-order valence-electron chi connectivity index (χ0n) is 15.2. The van der Waals surface area contributed by atoms with Crippen LogP contribution in [0.4, 0.5) is 0 Å². The van der Waals surface area contributed by atoms with E-state index in [0.29, 0.717) is 25.9 Å². The normalized spacial score (nSPS) is 48.1. The minimum absolute atomic E-state index is 0.0133. The number of ether oxygens (including phenoxy) is 3. The van der Waals surface area contributed by atoms with E-state index in [1.54, 1.807) is 13.0 Å². The summed E-state index contributed by atoms with van der Waals surface area (Å²) >= 11 is 0. The van der Waals surface area contributed by atoms with E-state index in [0.717, 1.165) is 0 Å². The first-order valence-corrected chi connectivity index (χ1v) is 9.68. The van der Waals surface area contributed by atoms with E-state index in [1.165, 1.54) is 0 Å². The third-order valence-corrected chi connectivity index (χ3v) is 7.63. The van der Waals surface area contributed by atoms with Crippen LogP contribution in [0, 0.1) is 41.4 Å². The molecular formula is C21H22O6. The number of hydrogen-bond donors (Lipinski definition) is 0. The number of esters is 2. The van der Waals surface area contributed by atoms with E-state index in [4.69, 9.17) is 20.6 Å². The smallest absolute Gasteiger partial charge is 0.313 e. The molecule has 0 unspecified atom stereocenters. The van der Waals surface area contributed by atoms with Crippen molar-refractivity contribution in [1.29, 1.82) is 0 Å². The molecule has 3 saturated heterocycles. The number of hydrogen-bond acceptors (Lipinski definition) is 6. The van der Waals surface area contributed by atoms with Crippen LogP contribution in [-0.2, 0) is 28.6 Å². The predicted octanol–water partition coefficient (Wildman–Crippen LogP) is 1.42. The standard InChI is InChI=1S/C21H22O6/c1-3-5-7-19(18(24)25-4-2)13-6-8-20-15(19)9-12(11-26-20)14-10-16(22)27-21(14,20)17(13)23/h1,6,8,12-15H,4-5,7,9-11H2,2H3/t12-,13+,14+,15-,19+,20-,21-/m0/s1. The van der Waals surface area contributed by atoms with Gasteiger partial charge in [-0.15, -0.1) is 12.3 Å². The lowest BCUT2D eigenvalue weighted by molar-refractivity contribution is -0.310. The Kier molecular flexibility index (Phi) is 3.29. The van der Waals surface area contributed by atoms with Gasteiger partial charge in [0.05, 0.1) is 31.0 Å². The highest BCUT2D eigenvalue weighted by molar-refractivity contribution is 6.04. The molecular weight excluding hydrogens is 348 g/mol. The molecule has 4 aliphatic carbocycles. The molecule has 142 valence electrons. The van der Waals surface area contributed by atoms with Gasteiger partial charge in [0.25, 0.3) is 0 Å². The fraction of sp³-hybridized carbons (Fsp3) is 0.667. The van der Waals surface area contributed by atoms with Gasteiger partial charge in [-0.2, -0.15) is 0 Å². The Morgan fingerprint density at radius 1 is 1.44 bits per heavy atom. The molecule has 0 amide bonds. The van der Waals surface area contributed by atoms with Gasteiger partial charge >= 0.3 is 11.9 Å². The summed E-state index contributed by atoms with van der Waals surface area (Å²) in [5, 5.41) is 0. The van der Waals surface area contributed by atoms with E-state index in [1.807, 2.05) is 6.08 Å². The first-order valence-electron chi connectivity index (χ1n) is 9.68. The molecule has 5 fully saturated rings. The Morgan fingerprint density at radius 2 is 2.26 bits per heavy atom. The summed E-state index contributed by atoms with van der Waals surface area (Å²) in [6.45, 7) is 2.45. The maximum atomic E-state index is 13.8. The number of Topliss-reactive ketones (excluding diaryl/α,β-unsaturated/α-hetero) is 1. The fourth-order valence-electron chi connectivity index (χ4n) is 6.76. The second kappa shape index (κ2) is 5.23. The molecule has 0 N–H and O–H groups in total. The molecule has 7 atom stereocenters. The molecule has 0 radical (unpaired) electrons. The van der Waals surface area contributed by atoms with Crippen LogP contribution in [0.25, 0.3) is 0 Å². The Morgan fingerprint density at radius 3 is 3.00 bits per heavy atom. The molecule has 5 bridgehead atoms. The number of terminal acetylenes is 1. The number of allylic oxidation sites excluding steroid dienone is 1. The Hall–Kier alpha value is -2.13. The summed E-state index contributed by atoms with van der Waals surface area (Å²) in [6, 6.07) is 0. The van der Waals surface area contributed by atoms with Crippen LogP contribution in [-0.4, -0.2) is 42.1 Å². The van der Waals surface area contributed by atoms with Crippen molar-refractivity contribution in [3.8, 4) is 12.3 Å². The van der Waals surface area contributed by atoms with Crippen molar-refractivity contribution in [2.45, 2.75) is 43.8 Å². The summed E-state index contributed by atoms with van der Waals surface area (Å²) in [6.07, 6.45) is 10.8. The van der Waals surface area contributed by atoms with Gasteiger partial charge in [0.15, 0.2) is 5.78 Å². The maximum Gasteiger partial charge on any atom is 0.313 e. The molecule has 0 aromatic rings. The van der Waals surface area contributed by atoms with E-state index >= 15 is 0 Å². The van der Waals surface area contributed by atoms with Crippen LogP contribution >= 0.6 is 0 Å². The third-order valence-electron chi connectivity index (χ3n) is 7.63. The van der Waals surface area contributed by atoms with Gasteiger partial charge in [-0.05, 0) is 25.7 Å². The largest absolute Gasteiger partial charge is 0.466 e. The van der Waals surface area contributed by atoms with Gasteiger partial charge in [0.1, 0.15) is 5.60 Å². The third kappa shape index (κ3) is 1.62. The maximum absolute atomic E-state index is 13.8. The Bertz CT molecular complexity index is 823. The summed E-state index contributed by atoms with van der Waals surface area (Å²) in [7, 11) is 0. The first kappa shape index (κ1) is 17.0. The molecule has 6 heteroatoms. The summed E-state index contributed by atoms with van der Waals surface area (Å²) in [4.78, 5) is 39.2. The number of carbonyl (C=O) groups excluding carboxylic acids is 3. The van der Waals surface area contributed by atoms with Crippen molar-refractivity contribution >= 4 is 17.7 Å². The first-order chi connectivity index (χ1) is 13.0. The lowest BCUT2D eigenvalue weighted by Gasteiger charge is -2.70. The van der Waals surface area contributed by atoms with Crippen molar-refractivity contribution < 1.29 is 28.6 Å². The predicted molar refractivity (Wildman–Crippen MR) is 92.0 cm³/mol. The SMILES string of the molecule is C#CCC[C@@]1(C(=O)OCC)[C@@H]2C=C[C@]34OC[C@H](C[C@@H]13)[C@H]1CC(=O)O[C@]14C2=O. The number of fused-ring (bicyclic) bond motifs is 1. The van der Waals surface area contributed by atoms with Crippen molar-refractivity contribution in [3.05, 3.63) is 12.2 Å². The minimum Gasteiger partial charge on any atom is -0.466 e. The molecule has 3 heterocycles. The Balaban J connectivity index is 1.73. The van der Waals surface area contributed by atoms with Gasteiger partial charge in [-0.3, -0.25) is 14.4 Å². The number of ketones is 1. The van der Waals surface area contributed by atoms with Gasteiger partial charge < -0.3 is 14.2 Å². The zero-order valence-corrected chi connectivity index (χ0v) is 15.2. The minimum atomic E-state index is -1.29. The van der Waals surface area contributed by atoms with Crippen LogP contribution < -0.4 is 0 Å². The summed E-state index contributed by atoms with van der Waals surface area (Å²) in [5.74, 6) is 0.500. The zero-order chi connectivity index (χ0) is 19.0. The molecule has 0 aromatic heterocycles. The molecule has 0 aromatic carbocycles. The highest BCUT2D eigenvalue weighted by Gasteiger charge is 2.85. The topological polar surface area (TPSA) is 78.9 Å². The van der Waals surface area contributed by atoms with Crippen molar-refractivity contribution in [1.82, 2.24) is 0 Å². The van der Waals surface area contributed by atoms with E-state index < -0.39 is 22.5 Å². The second-order valence-electron chi connectivity index (χ2n) is 8.34. The second-order valence-corrected chi connectivity index (χ2v) is 8.34. The van der Waals surface area contributed by atoms with Gasteiger partial charge in [0, 0.05) is 18.3 Å². The Labute approximate surface area is 157 Å². The quantitative estimate of drug-likeness (QED) is 0.423. The molecule has 2 saturated carbocycles. The molecule has 7 rings (SSSR count). The molecule has 2 spiro atoms. The van der Waals surface area contributed by atoms with Crippen LogP contribution in [0.3, 0.4) is 0 Å². The van der Waals surface area contributed by atoms with Crippen LogP contribution in [0.5, 0.6) is 0 Å². The lowest BCUT2D eigenvalue weighted by Crippen LogP contribution is -2.84. The lowest BCUT2D eigenvalue weighted by atomic mass is 9.37. The average Bonchev–Trinajstić information content (AvgIpc) is 3.04. The van der Waals surface area contributed by atoms with Gasteiger partial charge in [-0.25, -0.2) is 0 Å². The van der Waals surface area contributed by atoms with E-state index in [9.17, 15) is 14.4 Å². The van der Waals surface area contributed by atoms with Crippen molar-refractivity contribution in [2.24, 2.45) is 29.1 Å². The average molecular weight is 370 g/mol. The van der Waals surface area contributed by atoms with E-state index in [-0.39, 0.29) is 48.5 Å². The molecule has 27 heavy (non-hydrogen) atoms. The molecule has 6 nitrogen and oxygen atoms in total. The molecule has 7 aliphatic rings. The van der Waals surface area contributed by atoms with Crippen LogP contribution in [0.15, 0.2) is 12.2 Å². The van der Waals surface area contributed by atoms with Gasteiger partial charge in [-0.1, -0.05) is 12.2 Å². The van der Waals surface area contributed by atoms with E-state index in [2.05, 4.69) is 5.92 Å². The monoisotopic (exact) mass is 370 g/mol. The van der Waals surface area contributed by atoms with Crippen LogP contribution in [0.2, 0.25) is 0 Å². The highest BCUT2D eigenvalue weighted by Crippen LogP contribution is 2.72. The van der Waals surface area contributed by atoms with Crippen LogP contribution in [0.1, 0.15) is 32.6 Å². The highest BCUT2D eigenvalue weighted by atomic mass is 16.6. The van der Waals surface area contributed by atoms with Crippen molar-refractivity contribution in [2.75, 3.05) is 13.2 Å². The summed E-state index contributed by atoms with van der Waals surface area (Å²) in [5.41, 5.74) is -3.44. The molecule has 3 aliphatic heterocycles. The van der Waals surface area contributed by atoms with Crippen molar-refractivity contribution in [3.63, 3.8) is 0 Å². The van der Waals surface area contributed by atoms with Gasteiger partial charge in [0.2, 0.25) is 5.60 Å².